The Morgan fingerprint density at radius 2 is 0.560 bits per heavy atom. The molecular formula is C71H143N9O4. The molecule has 0 aliphatic heterocycles. The Bertz CT molecular complexity index is 1480. The fourth-order valence-electron chi connectivity index (χ4n) is 11.0. The van der Waals surface area contributed by atoms with Crippen LogP contribution >= 0.6 is 0 Å². The molecule has 0 spiro atoms. The maximum atomic E-state index is 12.9. The first-order valence-corrected chi connectivity index (χ1v) is 36.4. The molecule has 0 bridgehead atoms. The van der Waals surface area contributed by atoms with E-state index in [1.807, 2.05) is 0 Å². The second kappa shape index (κ2) is 68.6. The molecule has 2 atom stereocenters. The molecule has 496 valence electrons. The van der Waals surface area contributed by atoms with Gasteiger partial charge in [-0.1, -0.05) is 330 Å². The molecule has 13 nitrogen and oxygen atoms in total. The number of nitrogens with zero attached hydrogens (tertiary/aromatic N) is 1. The number of hydrogen-bond donors (Lipinski definition) is 8. The molecule has 11 N–H and O–H groups in total. The monoisotopic (exact) mass is 1190 g/mol. The van der Waals surface area contributed by atoms with Crippen LogP contribution in [0.25, 0.3) is 0 Å². The first-order valence-electron chi connectivity index (χ1n) is 36.4. The number of guanidine groups is 1. The van der Waals surface area contributed by atoms with Crippen LogP contribution in [0.4, 0.5) is 0 Å². The van der Waals surface area contributed by atoms with E-state index in [4.69, 9.17) is 17.2 Å². The molecule has 0 aliphatic rings. The van der Waals surface area contributed by atoms with Gasteiger partial charge in [-0.05, 0) is 38.5 Å². The van der Waals surface area contributed by atoms with Gasteiger partial charge in [0, 0.05) is 39.0 Å². The molecule has 13 heteroatoms. The Labute approximate surface area is 520 Å². The lowest BCUT2D eigenvalue weighted by atomic mass is 10.0. The van der Waals surface area contributed by atoms with E-state index in [1.165, 1.54) is 270 Å². The minimum absolute atomic E-state index is 0.00272. The van der Waals surface area contributed by atoms with Crippen molar-refractivity contribution in [2.45, 2.75) is 387 Å². The summed E-state index contributed by atoms with van der Waals surface area (Å²) in [5.74, 6) is 0.0548. The van der Waals surface area contributed by atoms with E-state index in [-0.39, 0.29) is 29.6 Å². The molecule has 0 heterocycles. The molecular weight excluding hydrogens is 1040 g/mol. The lowest BCUT2D eigenvalue weighted by Gasteiger charge is -2.19. The van der Waals surface area contributed by atoms with Crippen molar-refractivity contribution in [3.63, 3.8) is 0 Å². The van der Waals surface area contributed by atoms with Crippen LogP contribution in [0.3, 0.4) is 0 Å². The van der Waals surface area contributed by atoms with Crippen LogP contribution in [0, 0.1) is 0 Å². The third-order valence-corrected chi connectivity index (χ3v) is 16.5. The number of hydrogen-bond acceptors (Lipinski definition) is 7. The Hall–Kier alpha value is -3.51. The minimum atomic E-state index is -0.597. The van der Waals surface area contributed by atoms with Gasteiger partial charge in [0.1, 0.15) is 12.1 Å². The van der Waals surface area contributed by atoms with Gasteiger partial charge in [-0.15, -0.1) is 0 Å². The number of carbonyl (C=O) groups is 4. The van der Waals surface area contributed by atoms with E-state index < -0.39 is 12.1 Å². The summed E-state index contributed by atoms with van der Waals surface area (Å²) in [4.78, 5) is 54.8. The quantitative estimate of drug-likeness (QED) is 0.0166. The summed E-state index contributed by atoms with van der Waals surface area (Å²) in [7, 11) is 0. The maximum absolute atomic E-state index is 12.9. The molecule has 84 heavy (non-hydrogen) atoms. The molecule has 0 rings (SSSR count). The zero-order chi connectivity index (χ0) is 61.9. The molecule has 2 unspecified atom stereocenters. The maximum Gasteiger partial charge on any atom is 0.242 e. The van der Waals surface area contributed by atoms with Crippen molar-refractivity contribution >= 4 is 29.6 Å². The molecule has 4 amide bonds. The third-order valence-electron chi connectivity index (χ3n) is 16.5. The van der Waals surface area contributed by atoms with Gasteiger partial charge in [-0.25, -0.2) is 0 Å². The summed E-state index contributed by atoms with van der Waals surface area (Å²) in [5, 5.41) is 14.9. The van der Waals surface area contributed by atoms with E-state index in [9.17, 15) is 19.2 Å². The predicted octanol–water partition coefficient (Wildman–Crippen LogP) is 17.6. The van der Waals surface area contributed by atoms with Gasteiger partial charge in [-0.3, -0.25) is 24.2 Å². The fourth-order valence-corrected chi connectivity index (χ4v) is 11.0. The van der Waals surface area contributed by atoms with E-state index >= 15 is 0 Å². The van der Waals surface area contributed by atoms with E-state index in [0.29, 0.717) is 57.7 Å². The van der Waals surface area contributed by atoms with E-state index in [0.717, 1.165) is 51.4 Å². The summed E-state index contributed by atoms with van der Waals surface area (Å²) >= 11 is 0. The Balaban J connectivity index is 0. The molecule has 0 saturated carbocycles. The molecule has 0 aromatic carbocycles. The van der Waals surface area contributed by atoms with Crippen LogP contribution in [0.5, 0.6) is 0 Å². The zero-order valence-electron chi connectivity index (χ0n) is 56.2. The number of rotatable bonds is 65. The van der Waals surface area contributed by atoms with Gasteiger partial charge < -0.3 is 43.8 Å². The van der Waals surface area contributed by atoms with Crippen LogP contribution in [0.1, 0.15) is 374 Å². The van der Waals surface area contributed by atoms with Crippen molar-refractivity contribution in [3.05, 3.63) is 12.4 Å². The van der Waals surface area contributed by atoms with Gasteiger partial charge in [0.15, 0.2) is 5.96 Å². The van der Waals surface area contributed by atoms with Crippen molar-refractivity contribution < 1.29 is 19.2 Å². The molecule has 0 saturated heterocycles. The number of carbonyl (C=O) groups excluding carboxylic acids is 4. The van der Waals surface area contributed by atoms with Crippen molar-refractivity contribution in [2.24, 2.45) is 22.2 Å². The number of nitrogens with two attached hydrogens (primary N) is 3. The van der Waals surface area contributed by atoms with Gasteiger partial charge in [0.05, 0.1) is 5.82 Å². The summed E-state index contributed by atoms with van der Waals surface area (Å²) in [5.41, 5.74) is 16.5. The standard InChI is InChI=1S/C38H76N4O2.C33H67N5O2/c1-4-6-8-10-12-14-16-18-20-22-24-26-28-30-33-41-38(44)36(32-34-40-35(3)39)42-37(43)31-29-27-25-23-21-19-17-15-13-11-9-7-5-2;1-3-5-7-9-11-13-15-17-19-21-23-25-28-36-32(40)30(27-29-37-33(34)35)38-31(39)26-24-22-20-18-16-14-12-10-8-6-4-2/h36,40H,3-34,39H2,1-2H3,(H,41,44)(H,42,43);30H,3-29H2,1-2H3,(H,36,40)(H,38,39)(H4,34,35,37). The first-order chi connectivity index (χ1) is 41.0. The summed E-state index contributed by atoms with van der Waals surface area (Å²) in [6.07, 6.45) is 66.2. The van der Waals surface area contributed by atoms with Crippen LogP contribution in [0.2, 0.25) is 0 Å². The van der Waals surface area contributed by atoms with Crippen molar-refractivity contribution in [3.8, 4) is 0 Å². The predicted molar refractivity (Wildman–Crippen MR) is 364 cm³/mol. The lowest BCUT2D eigenvalue weighted by molar-refractivity contribution is -0.129. The molecule has 0 aliphatic carbocycles. The van der Waals surface area contributed by atoms with Gasteiger partial charge in [0.2, 0.25) is 23.6 Å². The largest absolute Gasteiger partial charge is 0.386 e. The van der Waals surface area contributed by atoms with Crippen molar-refractivity contribution in [2.75, 3.05) is 26.2 Å². The van der Waals surface area contributed by atoms with Gasteiger partial charge in [-0.2, -0.15) is 0 Å². The molecule has 0 aromatic heterocycles. The fraction of sp³-hybridized carbons (Fsp3) is 0.901. The Morgan fingerprint density at radius 1 is 0.321 bits per heavy atom. The van der Waals surface area contributed by atoms with Crippen LogP contribution < -0.4 is 43.8 Å². The number of unbranched alkanes of at least 4 members (excludes halogenated alkanes) is 46. The third kappa shape index (κ3) is 66.0. The molecule has 0 radical (unpaired) electrons. The normalized spacial score (nSPS) is 11.8. The average molecular weight is 1190 g/mol. The lowest BCUT2D eigenvalue weighted by Crippen LogP contribution is -2.48. The highest BCUT2D eigenvalue weighted by Crippen LogP contribution is 2.17. The van der Waals surface area contributed by atoms with Crippen LogP contribution in [-0.4, -0.2) is 67.9 Å². The Morgan fingerprint density at radius 3 is 0.810 bits per heavy atom. The van der Waals surface area contributed by atoms with Crippen LogP contribution in [-0.2, 0) is 19.2 Å². The molecule has 0 fully saturated rings. The molecule has 0 aromatic rings. The zero-order valence-corrected chi connectivity index (χ0v) is 56.2. The average Bonchev–Trinajstić information content (AvgIpc) is 3.58. The summed E-state index contributed by atoms with van der Waals surface area (Å²) in [6, 6.07) is -1.14. The van der Waals surface area contributed by atoms with Crippen LogP contribution in [0.15, 0.2) is 17.4 Å². The summed E-state index contributed by atoms with van der Waals surface area (Å²) < 4.78 is 0. The van der Waals surface area contributed by atoms with Crippen molar-refractivity contribution in [1.29, 1.82) is 0 Å². The van der Waals surface area contributed by atoms with E-state index in [1.54, 1.807) is 0 Å². The Kier molecular flexibility index (Phi) is 67.4. The number of aliphatic imine (C=N–C) groups is 1. The number of nitrogens with one attached hydrogen (secondary N) is 5. The van der Waals surface area contributed by atoms with Gasteiger partial charge in [0.25, 0.3) is 0 Å². The summed E-state index contributed by atoms with van der Waals surface area (Å²) in [6.45, 7) is 14.8. The minimum Gasteiger partial charge on any atom is -0.386 e. The van der Waals surface area contributed by atoms with Gasteiger partial charge >= 0.3 is 0 Å². The second-order valence-electron chi connectivity index (χ2n) is 24.9. The highest BCUT2D eigenvalue weighted by atomic mass is 16.2. The number of amides is 4. The highest BCUT2D eigenvalue weighted by Gasteiger charge is 2.21. The second-order valence-corrected chi connectivity index (χ2v) is 24.9. The SMILES string of the molecule is C=C(N)NCCC(NC(=O)CCCCCCCCCCCCCCC)C(=O)NCCCCCCCCCCCCCCCC.CCCCCCCCCCCCCCNC(=O)C(CCN=C(N)N)NC(=O)CCCCCCCCCCCCC. The smallest absolute Gasteiger partial charge is 0.242 e. The topological polar surface area (TPSA) is 219 Å². The highest BCUT2D eigenvalue weighted by molar-refractivity contribution is 5.88. The first kappa shape index (κ1) is 82.6. The van der Waals surface area contributed by atoms with E-state index in [2.05, 4.69) is 65.9 Å². The van der Waals surface area contributed by atoms with Crippen molar-refractivity contribution in [1.82, 2.24) is 26.6 Å².